The van der Waals surface area contributed by atoms with Crippen molar-refractivity contribution in [3.8, 4) is 11.5 Å². The lowest BCUT2D eigenvalue weighted by Crippen LogP contribution is -2.52. The van der Waals surface area contributed by atoms with Crippen LogP contribution >= 0.6 is 0 Å². The minimum atomic E-state index is -0.650. The van der Waals surface area contributed by atoms with E-state index in [2.05, 4.69) is 34.6 Å². The number of non-ortho nitro benzene ring substituents is 1. The van der Waals surface area contributed by atoms with Crippen molar-refractivity contribution in [1.29, 1.82) is 0 Å². The summed E-state index contributed by atoms with van der Waals surface area (Å²) < 4.78 is 12.1. The lowest BCUT2D eigenvalue weighted by molar-refractivity contribution is -0.940. The van der Waals surface area contributed by atoms with Crippen molar-refractivity contribution in [2.75, 3.05) is 33.4 Å². The maximum atomic E-state index is 10.9. The molecule has 32 heavy (non-hydrogen) atoms. The van der Waals surface area contributed by atoms with Crippen LogP contribution in [0.1, 0.15) is 45.7 Å². The number of quaternary nitrogens is 1. The molecule has 176 valence electrons. The van der Waals surface area contributed by atoms with E-state index in [9.17, 15) is 15.2 Å². The van der Waals surface area contributed by atoms with Crippen molar-refractivity contribution in [2.45, 2.75) is 52.7 Å². The number of benzene rings is 2. The van der Waals surface area contributed by atoms with Gasteiger partial charge in [0.05, 0.1) is 25.1 Å². The van der Waals surface area contributed by atoms with E-state index in [1.807, 2.05) is 18.2 Å². The normalized spacial score (nSPS) is 13.0. The molecule has 0 heterocycles. The second kappa shape index (κ2) is 10.8. The van der Waals surface area contributed by atoms with E-state index in [0.29, 0.717) is 17.6 Å². The molecule has 7 nitrogen and oxygen atoms in total. The number of nitro groups is 1. The van der Waals surface area contributed by atoms with Crippen molar-refractivity contribution in [1.82, 2.24) is 0 Å². The number of hydrogen-bond acceptors (Lipinski definition) is 5. The van der Waals surface area contributed by atoms with Crippen LogP contribution in [0.2, 0.25) is 0 Å². The zero-order chi connectivity index (χ0) is 23.9. The maximum Gasteiger partial charge on any atom is 0.269 e. The fraction of sp³-hybridized carbons (Fsp3) is 0.520. The first-order valence-electron chi connectivity index (χ1n) is 11.1. The Morgan fingerprint density at radius 2 is 1.72 bits per heavy atom. The molecule has 0 radical (unpaired) electrons. The summed E-state index contributed by atoms with van der Waals surface area (Å²) >= 11 is 0. The van der Waals surface area contributed by atoms with Gasteiger partial charge in [-0.05, 0) is 49.6 Å². The van der Waals surface area contributed by atoms with Gasteiger partial charge in [0.15, 0.2) is 0 Å². The topological polar surface area (TPSA) is 81.8 Å². The molecule has 2 aromatic rings. The third-order valence-corrected chi connectivity index (χ3v) is 6.03. The molecule has 0 fully saturated rings. The first-order chi connectivity index (χ1) is 15.0. The molecule has 1 N–H and O–H groups in total. The Balaban J connectivity index is 2.10. The van der Waals surface area contributed by atoms with E-state index < -0.39 is 11.0 Å². The van der Waals surface area contributed by atoms with E-state index in [1.165, 1.54) is 12.1 Å². The third-order valence-electron chi connectivity index (χ3n) is 6.03. The molecule has 2 aromatic carbocycles. The fourth-order valence-corrected chi connectivity index (χ4v) is 3.91. The van der Waals surface area contributed by atoms with Crippen LogP contribution in [-0.2, 0) is 12.0 Å². The summed E-state index contributed by atoms with van der Waals surface area (Å²) in [6.45, 7) is 13.6. The summed E-state index contributed by atoms with van der Waals surface area (Å²) in [5, 5.41) is 21.8. The van der Waals surface area contributed by atoms with Crippen LogP contribution in [0.15, 0.2) is 42.5 Å². The molecular weight excluding hydrogens is 408 g/mol. The largest absolute Gasteiger partial charge is 0.497 e. The first-order valence-corrected chi connectivity index (χ1v) is 11.1. The summed E-state index contributed by atoms with van der Waals surface area (Å²) in [5.41, 5.74) is 2.00. The molecule has 0 aliphatic rings. The first kappa shape index (κ1) is 25.6. The van der Waals surface area contributed by atoms with E-state index >= 15 is 0 Å². The number of methoxy groups -OCH3 is 1. The lowest BCUT2D eigenvalue weighted by Gasteiger charge is -2.38. The van der Waals surface area contributed by atoms with Gasteiger partial charge in [0.1, 0.15) is 37.3 Å². The molecule has 7 heteroatoms. The van der Waals surface area contributed by atoms with Crippen LogP contribution in [0.25, 0.3) is 0 Å². The maximum absolute atomic E-state index is 10.9. The van der Waals surface area contributed by atoms with Crippen LogP contribution in [0.4, 0.5) is 5.69 Å². The molecule has 0 unspecified atom stereocenters. The average molecular weight is 446 g/mol. The summed E-state index contributed by atoms with van der Waals surface area (Å²) in [4.78, 5) is 10.5. The van der Waals surface area contributed by atoms with Crippen LogP contribution < -0.4 is 9.47 Å². The summed E-state index contributed by atoms with van der Waals surface area (Å²) in [6.07, 6.45) is -0.650. The Bertz CT molecular complexity index is 886. The number of ether oxygens (including phenoxy) is 2. The van der Waals surface area contributed by atoms with Crippen molar-refractivity contribution in [3.05, 3.63) is 63.7 Å². The summed E-state index contributed by atoms with van der Waals surface area (Å²) in [7, 11) is 1.64. The predicted molar refractivity (Wildman–Crippen MR) is 126 cm³/mol. The Hall–Kier alpha value is -2.64. The van der Waals surface area contributed by atoms with Crippen LogP contribution in [0.5, 0.6) is 11.5 Å². The highest BCUT2D eigenvalue weighted by atomic mass is 16.6. The molecule has 0 spiro atoms. The summed E-state index contributed by atoms with van der Waals surface area (Å²) in [6, 6.07) is 12.4. The number of aliphatic hydroxyl groups is 1. The van der Waals surface area contributed by atoms with Crippen LogP contribution in [-0.4, -0.2) is 54.0 Å². The number of aliphatic hydroxyl groups excluding tert-OH is 1. The number of nitro benzene ring substituents is 1. The molecule has 0 amide bonds. The van der Waals surface area contributed by atoms with Crippen LogP contribution in [0.3, 0.4) is 0 Å². The Kier molecular flexibility index (Phi) is 8.64. The fourth-order valence-electron chi connectivity index (χ4n) is 3.91. The Morgan fingerprint density at radius 1 is 1.09 bits per heavy atom. The highest BCUT2D eigenvalue weighted by Gasteiger charge is 2.29. The number of hydrogen-bond donors (Lipinski definition) is 1. The van der Waals surface area contributed by atoms with Gasteiger partial charge < -0.3 is 19.1 Å². The minimum Gasteiger partial charge on any atom is -0.497 e. The molecule has 0 saturated carbocycles. The predicted octanol–water partition coefficient (Wildman–Crippen LogP) is 4.70. The van der Waals surface area contributed by atoms with E-state index in [4.69, 9.17) is 9.47 Å². The van der Waals surface area contributed by atoms with Gasteiger partial charge in [-0.2, -0.15) is 0 Å². The van der Waals surface area contributed by atoms with Gasteiger partial charge in [0, 0.05) is 23.3 Å². The van der Waals surface area contributed by atoms with Crippen molar-refractivity contribution in [3.63, 3.8) is 0 Å². The minimum absolute atomic E-state index is 0.0856. The standard InChI is InChI=1S/C25H37N2O5/c1-7-27(8-2,16-19-9-11-20(12-10-19)26(29)30)17-21(28)18-32-24-14-13-22(31-6)15-23(24)25(3,4)5/h9-15,21,28H,7-8,16-18H2,1-6H3/q+1/t21-/m0/s1. The molecular formula is C25H37N2O5+. The zero-order valence-electron chi connectivity index (χ0n) is 20.1. The molecule has 1 atom stereocenters. The zero-order valence-corrected chi connectivity index (χ0v) is 20.1. The molecule has 0 bridgehead atoms. The third kappa shape index (κ3) is 6.68. The van der Waals surface area contributed by atoms with Gasteiger partial charge >= 0.3 is 0 Å². The monoisotopic (exact) mass is 445 g/mol. The van der Waals surface area contributed by atoms with Gasteiger partial charge in [-0.1, -0.05) is 20.8 Å². The van der Waals surface area contributed by atoms with E-state index in [-0.39, 0.29) is 17.7 Å². The number of nitrogens with zero attached hydrogens (tertiary/aromatic N) is 2. The highest BCUT2D eigenvalue weighted by Crippen LogP contribution is 2.34. The smallest absolute Gasteiger partial charge is 0.269 e. The lowest BCUT2D eigenvalue weighted by atomic mass is 9.86. The highest BCUT2D eigenvalue weighted by molar-refractivity contribution is 5.44. The van der Waals surface area contributed by atoms with E-state index in [0.717, 1.165) is 35.7 Å². The van der Waals surface area contributed by atoms with E-state index in [1.54, 1.807) is 19.2 Å². The Labute approximate surface area is 191 Å². The molecule has 0 aliphatic carbocycles. The summed E-state index contributed by atoms with van der Waals surface area (Å²) in [5.74, 6) is 1.53. The second-order valence-electron chi connectivity index (χ2n) is 9.32. The molecule has 2 rings (SSSR count). The van der Waals surface area contributed by atoms with Gasteiger partial charge in [-0.3, -0.25) is 10.1 Å². The second-order valence-corrected chi connectivity index (χ2v) is 9.32. The molecule has 0 aromatic heterocycles. The van der Waals surface area contributed by atoms with Gasteiger partial charge in [0.25, 0.3) is 5.69 Å². The van der Waals surface area contributed by atoms with Gasteiger partial charge in [0.2, 0.25) is 0 Å². The van der Waals surface area contributed by atoms with Crippen molar-refractivity contribution in [2.24, 2.45) is 0 Å². The molecule has 0 saturated heterocycles. The molecule has 0 aliphatic heterocycles. The van der Waals surface area contributed by atoms with Crippen LogP contribution in [0, 0.1) is 10.1 Å². The average Bonchev–Trinajstić information content (AvgIpc) is 2.76. The van der Waals surface area contributed by atoms with Crippen molar-refractivity contribution >= 4 is 5.69 Å². The Morgan fingerprint density at radius 3 is 2.22 bits per heavy atom. The number of likely N-dealkylation sites (N-methyl/N-ethyl adjacent to an activating group) is 1. The van der Waals surface area contributed by atoms with Crippen molar-refractivity contribution < 1.29 is 24.0 Å². The van der Waals surface area contributed by atoms with Gasteiger partial charge in [-0.15, -0.1) is 0 Å². The number of rotatable bonds is 11. The SMILES string of the molecule is CC[N+](CC)(Cc1ccc([N+](=O)[O-])cc1)C[C@H](O)COc1ccc(OC)cc1C(C)(C)C. The quantitative estimate of drug-likeness (QED) is 0.308. The van der Waals surface area contributed by atoms with Gasteiger partial charge in [-0.25, -0.2) is 0 Å².